The molecule has 7 nitrogen and oxygen atoms in total. The van der Waals surface area contributed by atoms with Gasteiger partial charge in [-0.1, -0.05) is 26.7 Å². The summed E-state index contributed by atoms with van der Waals surface area (Å²) in [6.07, 6.45) is 3.41. The molecule has 1 aromatic rings. The Morgan fingerprint density at radius 1 is 1.13 bits per heavy atom. The van der Waals surface area contributed by atoms with Gasteiger partial charge in [-0.3, -0.25) is 14.4 Å². The van der Waals surface area contributed by atoms with Crippen molar-refractivity contribution in [3.8, 4) is 11.5 Å². The van der Waals surface area contributed by atoms with E-state index >= 15 is 0 Å². The average molecular weight is 418 g/mol. The maximum absolute atomic E-state index is 12.6. The van der Waals surface area contributed by atoms with E-state index in [1.54, 1.807) is 18.2 Å². The molecule has 4 atom stereocenters. The Labute approximate surface area is 177 Å². The molecule has 164 valence electrons. The number of carbonyl (C=O) groups is 3. The van der Waals surface area contributed by atoms with Crippen LogP contribution in [-0.2, 0) is 14.3 Å². The summed E-state index contributed by atoms with van der Waals surface area (Å²) in [4.78, 5) is 39.6. The molecule has 0 radical (unpaired) electrons. The highest BCUT2D eigenvalue weighted by atomic mass is 16.5. The van der Waals surface area contributed by atoms with E-state index in [-0.39, 0.29) is 24.2 Å². The van der Waals surface area contributed by atoms with Gasteiger partial charge in [-0.25, -0.2) is 0 Å². The van der Waals surface area contributed by atoms with E-state index in [0.29, 0.717) is 35.4 Å². The van der Waals surface area contributed by atoms with Crippen molar-refractivity contribution in [3.05, 3.63) is 23.8 Å². The van der Waals surface area contributed by atoms with Crippen LogP contribution in [0.2, 0.25) is 0 Å². The molecule has 1 heterocycles. The lowest BCUT2D eigenvalue weighted by molar-refractivity contribution is -0.147. The van der Waals surface area contributed by atoms with Crippen LogP contribution in [0.3, 0.4) is 0 Å². The van der Waals surface area contributed by atoms with Crippen molar-refractivity contribution in [2.24, 2.45) is 17.8 Å². The summed E-state index contributed by atoms with van der Waals surface area (Å²) in [6.45, 7) is 4.38. The van der Waals surface area contributed by atoms with Gasteiger partial charge in [0.15, 0.2) is 6.61 Å². The van der Waals surface area contributed by atoms with Crippen LogP contribution in [0.4, 0.5) is 0 Å². The minimum Gasteiger partial charge on any atom is -0.497 e. The molecule has 1 aliphatic heterocycles. The van der Waals surface area contributed by atoms with Crippen LogP contribution in [-0.4, -0.2) is 56.0 Å². The molecule has 0 N–H and O–H groups in total. The number of rotatable bonds is 7. The summed E-state index contributed by atoms with van der Waals surface area (Å²) in [5.41, 5.74) is 0.291. The SMILES string of the molecule is COc1ccc(OC)c(C(=O)COC(=O)[C@@H]2CC(=O)N([C@@H]3CCC[C@H](C)[C@H]3C)C2)c1. The number of ether oxygens (including phenoxy) is 3. The van der Waals surface area contributed by atoms with Crippen molar-refractivity contribution in [2.45, 2.75) is 45.6 Å². The molecule has 7 heteroatoms. The number of benzene rings is 1. The first-order valence-electron chi connectivity index (χ1n) is 10.6. The Hall–Kier alpha value is -2.57. The molecule has 2 aliphatic rings. The van der Waals surface area contributed by atoms with Crippen LogP contribution in [0.5, 0.6) is 11.5 Å². The first kappa shape index (κ1) is 22.1. The summed E-state index contributed by atoms with van der Waals surface area (Å²) in [5, 5.41) is 0. The summed E-state index contributed by atoms with van der Waals surface area (Å²) >= 11 is 0. The Balaban J connectivity index is 1.59. The average Bonchev–Trinajstić information content (AvgIpc) is 3.14. The molecule has 30 heavy (non-hydrogen) atoms. The van der Waals surface area contributed by atoms with E-state index in [1.807, 2.05) is 4.90 Å². The fraction of sp³-hybridized carbons (Fsp3) is 0.609. The molecule has 0 aromatic heterocycles. The maximum atomic E-state index is 12.6. The molecule has 0 bridgehead atoms. The van der Waals surface area contributed by atoms with Crippen molar-refractivity contribution in [1.82, 2.24) is 4.90 Å². The number of carbonyl (C=O) groups excluding carboxylic acids is 3. The van der Waals surface area contributed by atoms with Crippen LogP contribution >= 0.6 is 0 Å². The molecule has 1 saturated carbocycles. The van der Waals surface area contributed by atoms with Crippen molar-refractivity contribution in [3.63, 3.8) is 0 Å². The molecule has 1 saturated heterocycles. The number of esters is 1. The van der Waals surface area contributed by atoms with Crippen LogP contribution in [0.25, 0.3) is 0 Å². The van der Waals surface area contributed by atoms with Crippen molar-refractivity contribution >= 4 is 17.7 Å². The number of hydrogen-bond acceptors (Lipinski definition) is 6. The monoisotopic (exact) mass is 417 g/mol. The third-order valence-electron chi connectivity index (χ3n) is 6.61. The number of methoxy groups -OCH3 is 2. The Morgan fingerprint density at radius 2 is 1.90 bits per heavy atom. The van der Waals surface area contributed by atoms with Crippen LogP contribution < -0.4 is 9.47 Å². The van der Waals surface area contributed by atoms with E-state index in [4.69, 9.17) is 14.2 Å². The molecule has 0 spiro atoms. The van der Waals surface area contributed by atoms with Crippen LogP contribution in [0.1, 0.15) is 49.9 Å². The second-order valence-electron chi connectivity index (χ2n) is 8.38. The summed E-state index contributed by atoms with van der Waals surface area (Å²) in [5.74, 6) is 0.480. The smallest absolute Gasteiger partial charge is 0.311 e. The predicted molar refractivity (Wildman–Crippen MR) is 111 cm³/mol. The number of likely N-dealkylation sites (tertiary alicyclic amines) is 1. The fourth-order valence-electron chi connectivity index (χ4n) is 4.57. The Kier molecular flexibility index (Phi) is 7.00. The van der Waals surface area contributed by atoms with Gasteiger partial charge in [-0.15, -0.1) is 0 Å². The lowest BCUT2D eigenvalue weighted by atomic mass is 9.77. The number of Topliss-reactive ketones (excluding diaryl/α,β-unsaturated/α-hetero) is 1. The summed E-state index contributed by atoms with van der Waals surface area (Å²) in [6, 6.07) is 5.06. The summed E-state index contributed by atoms with van der Waals surface area (Å²) < 4.78 is 15.7. The standard InChI is InChI=1S/C23H31NO6/c1-14-6-5-7-19(15(14)2)24-12-16(10-22(24)26)23(27)30-13-20(25)18-11-17(28-3)8-9-21(18)29-4/h8-9,11,14-16,19H,5-7,10,12-13H2,1-4H3/t14-,15+,16+,19+/m0/s1. The van der Waals surface area contributed by atoms with Gasteiger partial charge in [0.1, 0.15) is 11.5 Å². The zero-order chi connectivity index (χ0) is 21.8. The van der Waals surface area contributed by atoms with E-state index in [9.17, 15) is 14.4 Å². The molecule has 1 aliphatic carbocycles. The number of hydrogen-bond donors (Lipinski definition) is 0. The highest BCUT2D eigenvalue weighted by molar-refractivity contribution is 6.01. The molecule has 1 amide bonds. The zero-order valence-corrected chi connectivity index (χ0v) is 18.2. The van der Waals surface area contributed by atoms with Gasteiger partial charge < -0.3 is 19.1 Å². The molecule has 0 unspecified atom stereocenters. The van der Waals surface area contributed by atoms with E-state index in [0.717, 1.165) is 12.8 Å². The van der Waals surface area contributed by atoms with E-state index in [2.05, 4.69) is 13.8 Å². The minimum absolute atomic E-state index is 0.00342. The highest BCUT2D eigenvalue weighted by Gasteiger charge is 2.42. The third kappa shape index (κ3) is 4.60. The van der Waals surface area contributed by atoms with Crippen LogP contribution in [0, 0.1) is 17.8 Å². The second-order valence-corrected chi connectivity index (χ2v) is 8.38. The first-order chi connectivity index (χ1) is 14.3. The maximum Gasteiger partial charge on any atom is 0.311 e. The van der Waals surface area contributed by atoms with Gasteiger partial charge in [0.25, 0.3) is 0 Å². The molecular weight excluding hydrogens is 386 g/mol. The molecular formula is C23H31NO6. The van der Waals surface area contributed by atoms with E-state index < -0.39 is 18.5 Å². The minimum atomic E-state index is -0.526. The number of ketones is 1. The van der Waals surface area contributed by atoms with Gasteiger partial charge in [-0.05, 0) is 36.5 Å². The Morgan fingerprint density at radius 3 is 2.60 bits per heavy atom. The van der Waals surface area contributed by atoms with Gasteiger partial charge in [-0.2, -0.15) is 0 Å². The normalized spacial score (nSPS) is 26.4. The molecule has 2 fully saturated rings. The first-order valence-corrected chi connectivity index (χ1v) is 10.6. The summed E-state index contributed by atoms with van der Waals surface area (Å²) in [7, 11) is 2.98. The lowest BCUT2D eigenvalue weighted by Crippen LogP contribution is -2.45. The quantitative estimate of drug-likeness (QED) is 0.501. The number of amides is 1. The van der Waals surface area contributed by atoms with Gasteiger partial charge in [0, 0.05) is 19.0 Å². The predicted octanol–water partition coefficient (Wildman–Crippen LogP) is 3.10. The lowest BCUT2D eigenvalue weighted by Gasteiger charge is -2.39. The fourth-order valence-corrected chi connectivity index (χ4v) is 4.57. The van der Waals surface area contributed by atoms with Crippen molar-refractivity contribution in [1.29, 1.82) is 0 Å². The Bertz CT molecular complexity index is 807. The zero-order valence-electron chi connectivity index (χ0n) is 18.2. The van der Waals surface area contributed by atoms with Gasteiger partial charge in [0.05, 0.1) is 25.7 Å². The van der Waals surface area contributed by atoms with Crippen LogP contribution in [0.15, 0.2) is 18.2 Å². The topological polar surface area (TPSA) is 82.1 Å². The van der Waals surface area contributed by atoms with Gasteiger partial charge >= 0.3 is 5.97 Å². The van der Waals surface area contributed by atoms with Crippen molar-refractivity contribution < 1.29 is 28.6 Å². The number of nitrogens with zero attached hydrogens (tertiary/aromatic N) is 1. The van der Waals surface area contributed by atoms with E-state index in [1.165, 1.54) is 20.6 Å². The third-order valence-corrected chi connectivity index (χ3v) is 6.61. The van der Waals surface area contributed by atoms with Gasteiger partial charge in [0.2, 0.25) is 11.7 Å². The van der Waals surface area contributed by atoms with Crippen molar-refractivity contribution in [2.75, 3.05) is 27.4 Å². The second kappa shape index (κ2) is 9.49. The molecule has 1 aromatic carbocycles. The highest BCUT2D eigenvalue weighted by Crippen LogP contribution is 2.36. The molecule has 3 rings (SSSR count). The largest absolute Gasteiger partial charge is 0.497 e.